The minimum atomic E-state index is -0.875. The topological polar surface area (TPSA) is 119 Å². The summed E-state index contributed by atoms with van der Waals surface area (Å²) in [6, 6.07) is 6.63. The number of nitrogens with two attached hydrogens (primary N) is 1. The number of benzene rings is 1. The Morgan fingerprint density at radius 1 is 1.38 bits per heavy atom. The Balaban J connectivity index is 2.01. The van der Waals surface area contributed by atoms with Gasteiger partial charge in [0.2, 0.25) is 11.0 Å². The average molecular weight is 367 g/mol. The maximum atomic E-state index is 11.7. The predicted octanol–water partition coefficient (Wildman–Crippen LogP) is 2.36. The van der Waals surface area contributed by atoms with Crippen LogP contribution < -0.4 is 21.1 Å². The molecule has 0 saturated heterocycles. The molecule has 8 nitrogen and oxygen atoms in total. The molecule has 2 aromatic rings. The minimum Gasteiger partial charge on any atom is -0.492 e. The van der Waals surface area contributed by atoms with Crippen LogP contribution in [0.1, 0.15) is 13.8 Å². The average Bonchev–Trinajstić information content (AvgIpc) is 2.96. The normalized spacial score (nSPS) is 11.6. The van der Waals surface area contributed by atoms with Gasteiger partial charge in [0, 0.05) is 0 Å². The molecule has 4 N–H and O–H groups in total. The molecule has 0 bridgehead atoms. The Labute approximate surface area is 147 Å². The first-order valence-corrected chi connectivity index (χ1v) is 8.78. The molecule has 0 saturated carbocycles. The Bertz CT molecular complexity index is 722. The zero-order chi connectivity index (χ0) is 17.5. The third-order valence-electron chi connectivity index (χ3n) is 2.73. The first-order valence-electron chi connectivity index (χ1n) is 7.09. The molecule has 0 aliphatic carbocycles. The van der Waals surface area contributed by atoms with E-state index < -0.39 is 17.2 Å². The number of urea groups is 1. The molecule has 0 radical (unpaired) electrons. The summed E-state index contributed by atoms with van der Waals surface area (Å²) < 4.78 is 6.14. The molecule has 10 heteroatoms. The zero-order valence-electron chi connectivity index (χ0n) is 13.1. The summed E-state index contributed by atoms with van der Waals surface area (Å²) in [4.78, 5) is 22.4. The van der Waals surface area contributed by atoms with E-state index in [1.165, 1.54) is 23.1 Å². The molecule has 0 fully saturated rings. The van der Waals surface area contributed by atoms with Crippen molar-refractivity contribution in [3.8, 4) is 5.75 Å². The predicted molar refractivity (Wildman–Crippen MR) is 93.8 cm³/mol. The Morgan fingerprint density at radius 3 is 2.83 bits per heavy atom. The number of carbonyl (C=O) groups is 2. The van der Waals surface area contributed by atoms with Crippen LogP contribution in [0.2, 0.25) is 0 Å². The van der Waals surface area contributed by atoms with E-state index in [4.69, 9.17) is 10.5 Å². The van der Waals surface area contributed by atoms with Gasteiger partial charge in [0.15, 0.2) is 4.34 Å². The molecule has 0 aliphatic rings. The third-order valence-corrected chi connectivity index (χ3v) is 4.75. The highest BCUT2D eigenvalue weighted by Gasteiger charge is 2.18. The van der Waals surface area contributed by atoms with Crippen molar-refractivity contribution in [2.24, 2.45) is 5.73 Å². The SMILES string of the molecule is CCOc1ccccc1Nc1nnc(SC(C)C(=O)NC(N)=O)s1. The largest absolute Gasteiger partial charge is 0.492 e. The van der Waals surface area contributed by atoms with Crippen LogP contribution in [0.25, 0.3) is 0 Å². The number of ether oxygens (including phenoxy) is 1. The van der Waals surface area contributed by atoms with Crippen molar-refractivity contribution in [3.05, 3.63) is 24.3 Å². The number of primary amides is 1. The van der Waals surface area contributed by atoms with E-state index in [1.807, 2.05) is 36.5 Å². The quantitative estimate of drug-likeness (QED) is 0.643. The molecule has 2 rings (SSSR count). The fraction of sp³-hybridized carbons (Fsp3) is 0.286. The minimum absolute atomic E-state index is 0.473. The summed E-state index contributed by atoms with van der Waals surface area (Å²) in [6.07, 6.45) is 0. The molecule has 0 spiro atoms. The van der Waals surface area contributed by atoms with E-state index in [2.05, 4.69) is 15.5 Å². The van der Waals surface area contributed by atoms with E-state index in [-0.39, 0.29) is 0 Å². The summed E-state index contributed by atoms with van der Waals surface area (Å²) in [5, 5.41) is 13.3. The van der Waals surface area contributed by atoms with Gasteiger partial charge in [-0.2, -0.15) is 0 Å². The molecular weight excluding hydrogens is 350 g/mol. The lowest BCUT2D eigenvalue weighted by Crippen LogP contribution is -2.39. The van der Waals surface area contributed by atoms with Crippen LogP contribution >= 0.6 is 23.1 Å². The van der Waals surface area contributed by atoms with Gasteiger partial charge >= 0.3 is 6.03 Å². The molecule has 1 aromatic carbocycles. The number of aromatic nitrogens is 2. The van der Waals surface area contributed by atoms with Gasteiger partial charge in [0.05, 0.1) is 17.5 Å². The van der Waals surface area contributed by atoms with Gasteiger partial charge in [-0.15, -0.1) is 10.2 Å². The van der Waals surface area contributed by atoms with E-state index in [1.54, 1.807) is 6.92 Å². The molecule has 1 aromatic heterocycles. The fourth-order valence-corrected chi connectivity index (χ4v) is 3.61. The number of nitrogens with one attached hydrogen (secondary N) is 2. The number of thioether (sulfide) groups is 1. The van der Waals surface area contributed by atoms with Gasteiger partial charge in [-0.1, -0.05) is 35.2 Å². The summed E-state index contributed by atoms with van der Waals surface area (Å²) in [6.45, 7) is 4.12. The van der Waals surface area contributed by atoms with Crippen LogP contribution in [-0.2, 0) is 4.79 Å². The summed E-state index contributed by atoms with van der Waals surface area (Å²) in [5.41, 5.74) is 5.71. The molecule has 24 heavy (non-hydrogen) atoms. The molecule has 0 aliphatic heterocycles. The molecule has 128 valence electrons. The second-order valence-corrected chi connectivity index (χ2v) is 7.11. The Kier molecular flexibility index (Phi) is 6.38. The van der Waals surface area contributed by atoms with Crippen molar-refractivity contribution < 1.29 is 14.3 Å². The number of hydrogen-bond donors (Lipinski definition) is 3. The van der Waals surface area contributed by atoms with Crippen molar-refractivity contribution in [1.29, 1.82) is 0 Å². The number of hydrogen-bond acceptors (Lipinski definition) is 8. The number of nitrogens with zero attached hydrogens (tertiary/aromatic N) is 2. The maximum Gasteiger partial charge on any atom is 0.318 e. The van der Waals surface area contributed by atoms with Crippen molar-refractivity contribution in [3.63, 3.8) is 0 Å². The number of imide groups is 1. The van der Waals surface area contributed by atoms with E-state index in [9.17, 15) is 9.59 Å². The van der Waals surface area contributed by atoms with E-state index in [0.717, 1.165) is 11.4 Å². The monoisotopic (exact) mass is 367 g/mol. The van der Waals surface area contributed by atoms with Gasteiger partial charge in [-0.25, -0.2) is 4.79 Å². The standard InChI is InChI=1S/C14H17N5O3S2/c1-3-22-10-7-5-4-6-9(10)16-13-18-19-14(24-13)23-8(2)11(20)17-12(15)21/h4-8H,3H2,1-2H3,(H,16,18)(H3,15,17,20,21). The number of para-hydroxylation sites is 2. The Hall–Kier alpha value is -2.33. The number of anilines is 2. The molecule has 1 unspecified atom stereocenters. The third kappa shape index (κ3) is 5.10. The number of carbonyl (C=O) groups excluding carboxylic acids is 2. The molecule has 1 heterocycles. The highest BCUT2D eigenvalue weighted by molar-refractivity contribution is 8.02. The second kappa shape index (κ2) is 8.50. The highest BCUT2D eigenvalue weighted by Crippen LogP contribution is 2.33. The van der Waals surface area contributed by atoms with Gasteiger partial charge in [-0.05, 0) is 26.0 Å². The van der Waals surface area contributed by atoms with Crippen molar-refractivity contribution >= 4 is 45.9 Å². The second-order valence-electron chi connectivity index (χ2n) is 4.54. The highest BCUT2D eigenvalue weighted by atomic mass is 32.2. The van der Waals surface area contributed by atoms with Crippen molar-refractivity contribution in [2.75, 3.05) is 11.9 Å². The number of rotatable bonds is 7. The molecule has 3 amide bonds. The maximum absolute atomic E-state index is 11.7. The van der Waals surface area contributed by atoms with Crippen LogP contribution in [0.15, 0.2) is 28.6 Å². The smallest absolute Gasteiger partial charge is 0.318 e. The van der Waals surface area contributed by atoms with E-state index in [0.29, 0.717) is 16.1 Å². The van der Waals surface area contributed by atoms with E-state index >= 15 is 0 Å². The lowest BCUT2D eigenvalue weighted by Gasteiger charge is -2.09. The van der Waals surface area contributed by atoms with Crippen LogP contribution in [0.5, 0.6) is 5.75 Å². The van der Waals surface area contributed by atoms with Crippen LogP contribution in [0, 0.1) is 0 Å². The lowest BCUT2D eigenvalue weighted by atomic mass is 10.3. The lowest BCUT2D eigenvalue weighted by molar-refractivity contribution is -0.119. The van der Waals surface area contributed by atoms with Crippen LogP contribution in [0.3, 0.4) is 0 Å². The number of amides is 3. The first-order chi connectivity index (χ1) is 11.5. The Morgan fingerprint density at radius 2 is 2.12 bits per heavy atom. The molecular formula is C14H17N5O3S2. The fourth-order valence-electron chi connectivity index (χ4n) is 1.70. The van der Waals surface area contributed by atoms with Gasteiger partial charge in [-0.3, -0.25) is 10.1 Å². The van der Waals surface area contributed by atoms with Gasteiger partial charge < -0.3 is 15.8 Å². The van der Waals surface area contributed by atoms with Crippen LogP contribution in [-0.4, -0.2) is 34.0 Å². The summed E-state index contributed by atoms with van der Waals surface area (Å²) in [5.74, 6) is 0.248. The summed E-state index contributed by atoms with van der Waals surface area (Å²) >= 11 is 2.49. The van der Waals surface area contributed by atoms with Gasteiger partial charge in [0.1, 0.15) is 5.75 Å². The van der Waals surface area contributed by atoms with Crippen molar-refractivity contribution in [2.45, 2.75) is 23.4 Å². The summed E-state index contributed by atoms with van der Waals surface area (Å²) in [7, 11) is 0. The molecule has 1 atom stereocenters. The van der Waals surface area contributed by atoms with Crippen LogP contribution in [0.4, 0.5) is 15.6 Å². The van der Waals surface area contributed by atoms with Crippen molar-refractivity contribution in [1.82, 2.24) is 15.5 Å². The first kappa shape index (κ1) is 18.0. The zero-order valence-corrected chi connectivity index (χ0v) is 14.7. The van der Waals surface area contributed by atoms with Gasteiger partial charge in [0.25, 0.3) is 0 Å².